The topological polar surface area (TPSA) is 40.6 Å². The number of likely N-dealkylation sites (tertiary alicyclic amines) is 1. The fourth-order valence-electron chi connectivity index (χ4n) is 3.54. The van der Waals surface area contributed by atoms with Crippen LogP contribution in [0.5, 0.6) is 0 Å². The summed E-state index contributed by atoms with van der Waals surface area (Å²) in [7, 11) is 0. The molecule has 0 unspecified atom stereocenters. The van der Waals surface area contributed by atoms with E-state index in [9.17, 15) is 9.59 Å². The summed E-state index contributed by atoms with van der Waals surface area (Å²) in [4.78, 5) is 28.1. The molecule has 4 heteroatoms. The molecule has 1 atom stereocenters. The number of carbonyl (C=O) groups excluding carboxylic acids is 2. The van der Waals surface area contributed by atoms with Crippen LogP contribution < -0.4 is 4.90 Å². The smallest absolute Gasteiger partial charge is 0.230 e. The lowest BCUT2D eigenvalue weighted by Gasteiger charge is -2.34. The summed E-state index contributed by atoms with van der Waals surface area (Å²) in [6.07, 6.45) is 2.50. The van der Waals surface area contributed by atoms with E-state index in [1.54, 1.807) is 6.92 Å². The van der Waals surface area contributed by atoms with Crippen LogP contribution in [-0.2, 0) is 16.0 Å². The molecular weight excluding hydrogens is 264 g/mol. The summed E-state index contributed by atoms with van der Waals surface area (Å²) >= 11 is 0. The number of anilines is 1. The second kappa shape index (κ2) is 5.51. The first-order valence-electron chi connectivity index (χ1n) is 7.74. The van der Waals surface area contributed by atoms with Gasteiger partial charge in [0.05, 0.1) is 0 Å². The third kappa shape index (κ3) is 2.55. The lowest BCUT2D eigenvalue weighted by molar-refractivity contribution is -0.133. The first kappa shape index (κ1) is 14.1. The van der Waals surface area contributed by atoms with Gasteiger partial charge in [0, 0.05) is 37.7 Å². The van der Waals surface area contributed by atoms with Crippen molar-refractivity contribution in [2.75, 3.05) is 18.0 Å². The molecule has 1 aromatic rings. The molecule has 1 fully saturated rings. The molecule has 112 valence electrons. The molecule has 4 nitrogen and oxygen atoms in total. The number of amides is 2. The van der Waals surface area contributed by atoms with Gasteiger partial charge in [0.25, 0.3) is 0 Å². The van der Waals surface area contributed by atoms with Crippen molar-refractivity contribution in [3.05, 3.63) is 29.8 Å². The number of piperidine rings is 1. The van der Waals surface area contributed by atoms with E-state index in [0.29, 0.717) is 13.1 Å². The van der Waals surface area contributed by atoms with Gasteiger partial charge in [0.1, 0.15) is 0 Å². The molecule has 1 saturated heterocycles. The SMILES string of the molecule is CC(=O)N1CCC(C(=O)N2c3ccccc3C[C@H]2C)CC1. The summed E-state index contributed by atoms with van der Waals surface area (Å²) in [5.41, 5.74) is 2.34. The molecule has 0 aromatic heterocycles. The second-order valence-corrected chi connectivity index (χ2v) is 6.17. The van der Waals surface area contributed by atoms with Gasteiger partial charge in [0.15, 0.2) is 0 Å². The van der Waals surface area contributed by atoms with Crippen LogP contribution in [-0.4, -0.2) is 35.8 Å². The maximum absolute atomic E-state index is 12.9. The molecule has 0 aliphatic carbocycles. The molecule has 0 spiro atoms. The molecule has 21 heavy (non-hydrogen) atoms. The van der Waals surface area contributed by atoms with Crippen LogP contribution in [0.15, 0.2) is 24.3 Å². The number of hydrogen-bond acceptors (Lipinski definition) is 2. The fraction of sp³-hybridized carbons (Fsp3) is 0.529. The lowest BCUT2D eigenvalue weighted by atomic mass is 9.95. The van der Waals surface area contributed by atoms with Gasteiger partial charge in [-0.3, -0.25) is 9.59 Å². The maximum atomic E-state index is 12.9. The lowest BCUT2D eigenvalue weighted by Crippen LogP contribution is -2.45. The Labute approximate surface area is 125 Å². The highest BCUT2D eigenvalue weighted by Gasteiger charge is 2.36. The Hall–Kier alpha value is -1.84. The quantitative estimate of drug-likeness (QED) is 0.794. The summed E-state index contributed by atoms with van der Waals surface area (Å²) in [5.74, 6) is 0.394. The minimum absolute atomic E-state index is 0.0502. The molecular formula is C17H22N2O2. The van der Waals surface area contributed by atoms with Crippen molar-refractivity contribution in [3.63, 3.8) is 0 Å². The zero-order valence-electron chi connectivity index (χ0n) is 12.7. The zero-order valence-corrected chi connectivity index (χ0v) is 12.7. The maximum Gasteiger partial charge on any atom is 0.230 e. The van der Waals surface area contributed by atoms with E-state index in [2.05, 4.69) is 13.0 Å². The van der Waals surface area contributed by atoms with Crippen molar-refractivity contribution < 1.29 is 9.59 Å². The standard InChI is InChI=1S/C17H22N2O2/c1-12-11-15-5-3-4-6-16(15)19(12)17(21)14-7-9-18(10-8-14)13(2)20/h3-6,12,14H,7-11H2,1-2H3/t12-/m1/s1. The second-order valence-electron chi connectivity index (χ2n) is 6.17. The number of hydrogen-bond donors (Lipinski definition) is 0. The number of fused-ring (bicyclic) bond motifs is 1. The van der Waals surface area contributed by atoms with E-state index in [1.165, 1.54) is 5.56 Å². The first-order valence-corrected chi connectivity index (χ1v) is 7.74. The molecule has 2 heterocycles. The molecule has 2 amide bonds. The van der Waals surface area contributed by atoms with Crippen LogP contribution >= 0.6 is 0 Å². The largest absolute Gasteiger partial charge is 0.343 e. The Morgan fingerprint density at radius 1 is 1.14 bits per heavy atom. The van der Waals surface area contributed by atoms with E-state index in [1.807, 2.05) is 28.0 Å². The van der Waals surface area contributed by atoms with Gasteiger partial charge >= 0.3 is 0 Å². The van der Waals surface area contributed by atoms with Crippen LogP contribution in [0.4, 0.5) is 5.69 Å². The molecule has 1 aromatic carbocycles. The monoisotopic (exact) mass is 286 g/mol. The van der Waals surface area contributed by atoms with E-state index in [4.69, 9.17) is 0 Å². The average molecular weight is 286 g/mol. The predicted molar refractivity (Wildman–Crippen MR) is 82.1 cm³/mol. The molecule has 0 saturated carbocycles. The van der Waals surface area contributed by atoms with Crippen molar-refractivity contribution in [1.29, 1.82) is 0 Å². The summed E-state index contributed by atoms with van der Waals surface area (Å²) in [5, 5.41) is 0. The minimum Gasteiger partial charge on any atom is -0.343 e. The number of para-hydroxylation sites is 1. The molecule has 0 radical (unpaired) electrons. The number of rotatable bonds is 1. The van der Waals surface area contributed by atoms with Crippen molar-refractivity contribution in [1.82, 2.24) is 4.90 Å². The summed E-state index contributed by atoms with van der Waals surface area (Å²) in [6, 6.07) is 8.42. The van der Waals surface area contributed by atoms with Gasteiger partial charge in [-0.1, -0.05) is 18.2 Å². The van der Waals surface area contributed by atoms with Crippen LogP contribution in [0.3, 0.4) is 0 Å². The fourth-order valence-corrected chi connectivity index (χ4v) is 3.54. The molecule has 0 N–H and O–H groups in total. The Kier molecular flexibility index (Phi) is 3.70. The van der Waals surface area contributed by atoms with Crippen LogP contribution in [0.25, 0.3) is 0 Å². The van der Waals surface area contributed by atoms with Gasteiger partial charge in [-0.15, -0.1) is 0 Å². The highest BCUT2D eigenvalue weighted by molar-refractivity contribution is 5.97. The van der Waals surface area contributed by atoms with E-state index in [-0.39, 0.29) is 23.8 Å². The Morgan fingerprint density at radius 3 is 2.48 bits per heavy atom. The van der Waals surface area contributed by atoms with Gasteiger partial charge in [0.2, 0.25) is 11.8 Å². The van der Waals surface area contributed by atoms with Crippen LogP contribution in [0.2, 0.25) is 0 Å². The zero-order chi connectivity index (χ0) is 15.0. The van der Waals surface area contributed by atoms with Crippen molar-refractivity contribution in [2.24, 2.45) is 5.92 Å². The summed E-state index contributed by atoms with van der Waals surface area (Å²) in [6.45, 7) is 5.12. The minimum atomic E-state index is 0.0502. The van der Waals surface area contributed by atoms with Crippen LogP contribution in [0.1, 0.15) is 32.3 Å². The number of benzene rings is 1. The number of carbonyl (C=O) groups is 2. The Morgan fingerprint density at radius 2 is 1.81 bits per heavy atom. The summed E-state index contributed by atoms with van der Waals surface area (Å²) < 4.78 is 0. The van der Waals surface area contributed by atoms with Crippen molar-refractivity contribution >= 4 is 17.5 Å². The molecule has 2 aliphatic heterocycles. The highest BCUT2D eigenvalue weighted by Crippen LogP contribution is 2.34. The van der Waals surface area contributed by atoms with Gasteiger partial charge in [-0.2, -0.15) is 0 Å². The highest BCUT2D eigenvalue weighted by atomic mass is 16.2. The van der Waals surface area contributed by atoms with Gasteiger partial charge in [-0.25, -0.2) is 0 Å². The van der Waals surface area contributed by atoms with Gasteiger partial charge in [-0.05, 0) is 37.8 Å². The normalized spacial score (nSPS) is 22.3. The third-order valence-corrected chi connectivity index (χ3v) is 4.73. The Bertz CT molecular complexity index is 562. The predicted octanol–water partition coefficient (Wildman–Crippen LogP) is 2.22. The van der Waals surface area contributed by atoms with E-state index < -0.39 is 0 Å². The number of nitrogens with zero attached hydrogens (tertiary/aromatic N) is 2. The van der Waals surface area contributed by atoms with Crippen LogP contribution in [0, 0.1) is 5.92 Å². The average Bonchev–Trinajstić information content (AvgIpc) is 2.82. The van der Waals surface area contributed by atoms with E-state index >= 15 is 0 Å². The third-order valence-electron chi connectivity index (χ3n) is 4.73. The Balaban J connectivity index is 1.73. The van der Waals surface area contributed by atoms with Crippen molar-refractivity contribution in [3.8, 4) is 0 Å². The molecule has 0 bridgehead atoms. The van der Waals surface area contributed by atoms with E-state index in [0.717, 1.165) is 24.9 Å². The molecule has 2 aliphatic rings. The van der Waals surface area contributed by atoms with Gasteiger partial charge < -0.3 is 9.80 Å². The first-order chi connectivity index (χ1) is 10.1. The molecule has 3 rings (SSSR count). The van der Waals surface area contributed by atoms with Crippen molar-refractivity contribution in [2.45, 2.75) is 39.2 Å².